The molecule has 0 amide bonds. The van der Waals surface area contributed by atoms with Crippen molar-refractivity contribution in [3.05, 3.63) is 58.2 Å². The van der Waals surface area contributed by atoms with Gasteiger partial charge in [0.05, 0.1) is 16.2 Å². The molecule has 0 aliphatic carbocycles. The minimum absolute atomic E-state index is 0.624. The number of fused-ring (bicyclic) bond motifs is 1. The first-order valence-electron chi connectivity index (χ1n) is 5.41. The van der Waals surface area contributed by atoms with Crippen molar-refractivity contribution in [2.75, 3.05) is 0 Å². The normalized spacial score (nSPS) is 10.8. The highest BCUT2D eigenvalue weighted by atomic mass is 79.9. The van der Waals surface area contributed by atoms with E-state index in [9.17, 15) is 0 Å². The highest BCUT2D eigenvalue weighted by Crippen LogP contribution is 2.27. The van der Waals surface area contributed by atoms with E-state index < -0.39 is 0 Å². The van der Waals surface area contributed by atoms with Crippen molar-refractivity contribution in [1.29, 1.82) is 0 Å². The molecule has 2 heterocycles. The van der Waals surface area contributed by atoms with Gasteiger partial charge < -0.3 is 0 Å². The number of rotatable bonds is 1. The lowest BCUT2D eigenvalue weighted by Crippen LogP contribution is -1.88. The molecular formula is C14H8BrClN2. The van der Waals surface area contributed by atoms with Crippen LogP contribution in [0.4, 0.5) is 0 Å². The Morgan fingerprint density at radius 1 is 1.06 bits per heavy atom. The van der Waals surface area contributed by atoms with E-state index in [1.54, 1.807) is 6.20 Å². The monoisotopic (exact) mass is 318 g/mol. The van der Waals surface area contributed by atoms with Crippen molar-refractivity contribution in [3.8, 4) is 11.3 Å². The molecule has 3 aromatic rings. The van der Waals surface area contributed by atoms with E-state index in [1.807, 2.05) is 42.5 Å². The second-order valence-corrected chi connectivity index (χ2v) is 5.19. The lowest BCUT2D eigenvalue weighted by Gasteiger charge is -2.05. The fraction of sp³-hybridized carbons (Fsp3) is 0. The minimum Gasteiger partial charge on any atom is -0.253 e. The smallest absolute Gasteiger partial charge is 0.107 e. The summed E-state index contributed by atoms with van der Waals surface area (Å²) in [6.45, 7) is 0. The largest absolute Gasteiger partial charge is 0.253 e. The second kappa shape index (κ2) is 4.67. The molecule has 0 saturated carbocycles. The quantitative estimate of drug-likeness (QED) is 0.649. The fourth-order valence-corrected chi connectivity index (χ4v) is 2.30. The Balaban J connectivity index is 2.21. The van der Waals surface area contributed by atoms with Crippen molar-refractivity contribution in [2.45, 2.75) is 0 Å². The number of nitrogens with zero attached hydrogens (tertiary/aromatic N) is 2. The first-order chi connectivity index (χ1) is 8.74. The first-order valence-corrected chi connectivity index (χ1v) is 6.58. The molecular weight excluding hydrogens is 312 g/mol. The van der Waals surface area contributed by atoms with Gasteiger partial charge in [-0.2, -0.15) is 0 Å². The van der Waals surface area contributed by atoms with Gasteiger partial charge in [0.15, 0.2) is 0 Å². The van der Waals surface area contributed by atoms with Gasteiger partial charge in [-0.3, -0.25) is 4.98 Å². The molecule has 0 fully saturated rings. The number of benzene rings is 1. The maximum atomic E-state index is 6.23. The Morgan fingerprint density at radius 3 is 2.61 bits per heavy atom. The van der Waals surface area contributed by atoms with E-state index in [4.69, 9.17) is 11.6 Å². The van der Waals surface area contributed by atoms with Crippen molar-refractivity contribution in [1.82, 2.24) is 9.97 Å². The van der Waals surface area contributed by atoms with Crippen LogP contribution in [0.2, 0.25) is 5.02 Å². The Hall–Kier alpha value is -1.45. The number of aromatic nitrogens is 2. The van der Waals surface area contributed by atoms with Crippen LogP contribution in [0.5, 0.6) is 0 Å². The van der Waals surface area contributed by atoms with E-state index in [2.05, 4.69) is 25.9 Å². The SMILES string of the molecule is Clc1cc(-c2ccc(Br)cc2)nc2cccnc12. The maximum Gasteiger partial charge on any atom is 0.107 e. The van der Waals surface area contributed by atoms with E-state index in [0.717, 1.165) is 26.8 Å². The van der Waals surface area contributed by atoms with Crippen molar-refractivity contribution >= 4 is 38.6 Å². The summed E-state index contributed by atoms with van der Waals surface area (Å²) in [5.74, 6) is 0. The zero-order valence-corrected chi connectivity index (χ0v) is 11.6. The molecule has 0 spiro atoms. The molecule has 88 valence electrons. The summed E-state index contributed by atoms with van der Waals surface area (Å²) in [5, 5.41) is 0.624. The van der Waals surface area contributed by atoms with Gasteiger partial charge in [-0.1, -0.05) is 39.7 Å². The van der Waals surface area contributed by atoms with Gasteiger partial charge in [-0.05, 0) is 30.3 Å². The second-order valence-electron chi connectivity index (χ2n) is 3.87. The summed E-state index contributed by atoms with van der Waals surface area (Å²) in [6.07, 6.45) is 1.72. The van der Waals surface area contributed by atoms with E-state index in [-0.39, 0.29) is 0 Å². The molecule has 0 aliphatic heterocycles. The third-order valence-corrected chi connectivity index (χ3v) is 3.47. The molecule has 0 radical (unpaired) electrons. The number of halogens is 2. The molecule has 2 nitrogen and oxygen atoms in total. The molecule has 1 aromatic carbocycles. The Morgan fingerprint density at radius 2 is 1.83 bits per heavy atom. The number of hydrogen-bond donors (Lipinski definition) is 0. The molecule has 0 saturated heterocycles. The predicted octanol–water partition coefficient (Wildman–Crippen LogP) is 4.71. The van der Waals surface area contributed by atoms with Gasteiger partial charge in [0.2, 0.25) is 0 Å². The van der Waals surface area contributed by atoms with E-state index in [0.29, 0.717) is 5.02 Å². The molecule has 2 aromatic heterocycles. The zero-order chi connectivity index (χ0) is 12.5. The van der Waals surface area contributed by atoms with E-state index >= 15 is 0 Å². The van der Waals surface area contributed by atoms with Gasteiger partial charge in [-0.15, -0.1) is 0 Å². The molecule has 0 N–H and O–H groups in total. The summed E-state index contributed by atoms with van der Waals surface area (Å²) in [5.41, 5.74) is 3.43. The molecule has 4 heteroatoms. The van der Waals surface area contributed by atoms with Crippen LogP contribution in [0.3, 0.4) is 0 Å². The van der Waals surface area contributed by atoms with Crippen molar-refractivity contribution < 1.29 is 0 Å². The molecule has 0 unspecified atom stereocenters. The lowest BCUT2D eigenvalue weighted by molar-refractivity contribution is 1.33. The Bertz CT molecular complexity index is 711. The van der Waals surface area contributed by atoms with Crippen LogP contribution in [0.25, 0.3) is 22.3 Å². The highest BCUT2D eigenvalue weighted by molar-refractivity contribution is 9.10. The number of hydrogen-bond acceptors (Lipinski definition) is 2. The van der Waals surface area contributed by atoms with E-state index in [1.165, 1.54) is 0 Å². The van der Waals surface area contributed by atoms with Crippen LogP contribution >= 0.6 is 27.5 Å². The fourth-order valence-electron chi connectivity index (χ4n) is 1.79. The maximum absolute atomic E-state index is 6.23. The predicted molar refractivity (Wildman–Crippen MR) is 77.7 cm³/mol. The third-order valence-electron chi connectivity index (χ3n) is 2.66. The molecule has 0 bridgehead atoms. The summed E-state index contributed by atoms with van der Waals surface area (Å²) < 4.78 is 1.04. The van der Waals surface area contributed by atoms with Gasteiger partial charge in [0.25, 0.3) is 0 Å². The summed E-state index contributed by atoms with van der Waals surface area (Å²) >= 11 is 9.65. The first kappa shape index (κ1) is 11.6. The van der Waals surface area contributed by atoms with Gasteiger partial charge in [-0.25, -0.2) is 4.98 Å². The summed E-state index contributed by atoms with van der Waals surface area (Å²) in [7, 11) is 0. The average molecular weight is 320 g/mol. The van der Waals surface area contributed by atoms with Crippen molar-refractivity contribution in [3.63, 3.8) is 0 Å². The topological polar surface area (TPSA) is 25.8 Å². The molecule has 0 atom stereocenters. The minimum atomic E-state index is 0.624. The standard InChI is InChI=1S/C14H8BrClN2/c15-10-5-3-9(4-6-10)13-8-11(16)14-12(18-13)2-1-7-17-14/h1-8H. The molecule has 3 rings (SSSR count). The highest BCUT2D eigenvalue weighted by Gasteiger charge is 2.06. The van der Waals surface area contributed by atoms with Crippen LogP contribution in [-0.2, 0) is 0 Å². The van der Waals surface area contributed by atoms with Gasteiger partial charge in [0.1, 0.15) is 5.52 Å². The number of pyridine rings is 2. The lowest BCUT2D eigenvalue weighted by atomic mass is 10.1. The third kappa shape index (κ3) is 2.11. The Kier molecular flexibility index (Phi) is 3.02. The molecule has 18 heavy (non-hydrogen) atoms. The zero-order valence-electron chi connectivity index (χ0n) is 9.27. The molecule has 0 aliphatic rings. The van der Waals surface area contributed by atoms with Gasteiger partial charge >= 0.3 is 0 Å². The average Bonchev–Trinajstić information content (AvgIpc) is 2.39. The van der Waals surface area contributed by atoms with Crippen LogP contribution in [0, 0.1) is 0 Å². The van der Waals surface area contributed by atoms with Crippen molar-refractivity contribution in [2.24, 2.45) is 0 Å². The summed E-state index contributed by atoms with van der Waals surface area (Å²) in [4.78, 5) is 8.80. The van der Waals surface area contributed by atoms with Crippen LogP contribution < -0.4 is 0 Å². The van der Waals surface area contributed by atoms with Gasteiger partial charge in [0, 0.05) is 16.2 Å². The summed E-state index contributed by atoms with van der Waals surface area (Å²) in [6, 6.07) is 13.6. The Labute approximate surface area is 118 Å². The van der Waals surface area contributed by atoms with Crippen LogP contribution in [0.1, 0.15) is 0 Å². The van der Waals surface area contributed by atoms with Crippen LogP contribution in [0.15, 0.2) is 53.1 Å². The van der Waals surface area contributed by atoms with Crippen LogP contribution in [-0.4, -0.2) is 9.97 Å².